The molecule has 2 heterocycles. The highest BCUT2D eigenvalue weighted by atomic mass is 16.2. The lowest BCUT2D eigenvalue weighted by Gasteiger charge is -2.24. The van der Waals surface area contributed by atoms with Crippen molar-refractivity contribution in [1.29, 1.82) is 0 Å². The highest BCUT2D eigenvalue weighted by molar-refractivity contribution is 5.88. The van der Waals surface area contributed by atoms with Crippen molar-refractivity contribution in [2.45, 2.75) is 32.1 Å². The Morgan fingerprint density at radius 3 is 2.53 bits per heavy atom. The van der Waals surface area contributed by atoms with Crippen LogP contribution in [-0.2, 0) is 7.05 Å². The molecule has 0 spiro atoms. The van der Waals surface area contributed by atoms with E-state index in [0.717, 1.165) is 38.8 Å². The van der Waals surface area contributed by atoms with E-state index in [-0.39, 0.29) is 17.4 Å². The summed E-state index contributed by atoms with van der Waals surface area (Å²) in [5, 5.41) is 2.61. The van der Waals surface area contributed by atoms with E-state index in [4.69, 9.17) is 0 Å². The SMILES string of the molecule is Cn1ccnc(NC(=O)N2CCCCCCC2)c1=O. The van der Waals surface area contributed by atoms with Crippen LogP contribution in [0.25, 0.3) is 0 Å². The van der Waals surface area contributed by atoms with Gasteiger partial charge in [-0.25, -0.2) is 9.78 Å². The Labute approximate surface area is 112 Å². The number of anilines is 1. The summed E-state index contributed by atoms with van der Waals surface area (Å²) >= 11 is 0. The summed E-state index contributed by atoms with van der Waals surface area (Å²) in [5.74, 6) is 0.0945. The monoisotopic (exact) mass is 264 g/mol. The van der Waals surface area contributed by atoms with E-state index in [1.165, 1.54) is 17.2 Å². The molecule has 0 bridgehead atoms. The Morgan fingerprint density at radius 1 is 1.21 bits per heavy atom. The predicted molar refractivity (Wildman–Crippen MR) is 73.2 cm³/mol. The molecule has 1 aliphatic rings. The molecule has 0 saturated carbocycles. The molecule has 0 aliphatic carbocycles. The highest BCUT2D eigenvalue weighted by Crippen LogP contribution is 2.11. The quantitative estimate of drug-likeness (QED) is 0.837. The lowest BCUT2D eigenvalue weighted by Crippen LogP contribution is -2.39. The lowest BCUT2D eigenvalue weighted by atomic mass is 10.1. The molecule has 6 nitrogen and oxygen atoms in total. The number of urea groups is 1. The Morgan fingerprint density at radius 2 is 1.84 bits per heavy atom. The van der Waals surface area contributed by atoms with Crippen molar-refractivity contribution in [3.05, 3.63) is 22.7 Å². The zero-order valence-corrected chi connectivity index (χ0v) is 11.3. The molecule has 19 heavy (non-hydrogen) atoms. The van der Waals surface area contributed by atoms with E-state index in [1.807, 2.05) is 0 Å². The Bertz CT molecular complexity index is 490. The molecule has 2 rings (SSSR count). The lowest BCUT2D eigenvalue weighted by molar-refractivity contribution is 0.205. The maximum Gasteiger partial charge on any atom is 0.323 e. The molecule has 0 radical (unpaired) electrons. The summed E-state index contributed by atoms with van der Waals surface area (Å²) in [6, 6.07) is -0.224. The van der Waals surface area contributed by atoms with Crippen molar-refractivity contribution in [2.75, 3.05) is 18.4 Å². The first kappa shape index (κ1) is 13.6. The van der Waals surface area contributed by atoms with E-state index in [0.29, 0.717) is 0 Å². The van der Waals surface area contributed by atoms with Crippen molar-refractivity contribution in [2.24, 2.45) is 7.05 Å². The van der Waals surface area contributed by atoms with Crippen LogP contribution in [0.3, 0.4) is 0 Å². The summed E-state index contributed by atoms with van der Waals surface area (Å²) in [6.45, 7) is 1.50. The number of aromatic nitrogens is 2. The van der Waals surface area contributed by atoms with Gasteiger partial charge in [-0.2, -0.15) is 0 Å². The van der Waals surface area contributed by atoms with Crippen molar-refractivity contribution in [3.8, 4) is 0 Å². The zero-order valence-electron chi connectivity index (χ0n) is 11.3. The number of nitrogens with one attached hydrogen (secondary N) is 1. The van der Waals surface area contributed by atoms with Crippen molar-refractivity contribution in [1.82, 2.24) is 14.5 Å². The van der Waals surface area contributed by atoms with Gasteiger partial charge in [-0.15, -0.1) is 0 Å². The third kappa shape index (κ3) is 3.56. The van der Waals surface area contributed by atoms with Gasteiger partial charge in [0, 0.05) is 32.5 Å². The minimum absolute atomic E-state index is 0.0945. The van der Waals surface area contributed by atoms with Crippen LogP contribution in [0.4, 0.5) is 10.6 Å². The van der Waals surface area contributed by atoms with Crippen LogP contribution >= 0.6 is 0 Å². The van der Waals surface area contributed by atoms with Gasteiger partial charge in [0.1, 0.15) is 0 Å². The molecular formula is C13H20N4O2. The number of aryl methyl sites for hydroxylation is 1. The molecule has 6 heteroatoms. The summed E-state index contributed by atoms with van der Waals surface area (Å²) in [5.41, 5.74) is -0.289. The fourth-order valence-corrected chi connectivity index (χ4v) is 2.21. The number of amides is 2. The fourth-order valence-electron chi connectivity index (χ4n) is 2.21. The van der Waals surface area contributed by atoms with Crippen molar-refractivity contribution >= 4 is 11.8 Å². The molecule has 0 atom stereocenters. The molecule has 2 amide bonds. The van der Waals surface area contributed by atoms with Gasteiger partial charge < -0.3 is 9.47 Å². The van der Waals surface area contributed by atoms with Crippen LogP contribution in [0, 0.1) is 0 Å². The van der Waals surface area contributed by atoms with E-state index in [2.05, 4.69) is 10.3 Å². The number of likely N-dealkylation sites (tertiary alicyclic amines) is 1. The molecule has 1 fully saturated rings. The van der Waals surface area contributed by atoms with Gasteiger partial charge in [-0.1, -0.05) is 19.3 Å². The third-order valence-corrected chi connectivity index (χ3v) is 3.39. The number of carbonyl (C=O) groups excluding carboxylic acids is 1. The first-order valence-corrected chi connectivity index (χ1v) is 6.76. The second-order valence-corrected chi connectivity index (χ2v) is 4.88. The van der Waals surface area contributed by atoms with E-state index in [9.17, 15) is 9.59 Å². The van der Waals surface area contributed by atoms with Gasteiger partial charge in [-0.3, -0.25) is 10.1 Å². The van der Waals surface area contributed by atoms with Crippen molar-refractivity contribution in [3.63, 3.8) is 0 Å². The first-order valence-electron chi connectivity index (χ1n) is 6.76. The summed E-state index contributed by atoms with van der Waals surface area (Å²) < 4.78 is 1.40. The van der Waals surface area contributed by atoms with E-state index >= 15 is 0 Å². The fraction of sp³-hybridized carbons (Fsp3) is 0.615. The Kier molecular flexibility index (Phi) is 4.54. The number of hydrogen-bond acceptors (Lipinski definition) is 3. The maximum absolute atomic E-state index is 12.1. The minimum Gasteiger partial charge on any atom is -0.324 e. The first-order chi connectivity index (χ1) is 9.18. The van der Waals surface area contributed by atoms with Crippen LogP contribution in [0.15, 0.2) is 17.2 Å². The number of carbonyl (C=O) groups is 1. The Balaban J connectivity index is 2.03. The molecule has 0 aromatic carbocycles. The van der Waals surface area contributed by atoms with Gasteiger partial charge in [0.05, 0.1) is 0 Å². The van der Waals surface area contributed by atoms with Gasteiger partial charge >= 0.3 is 6.03 Å². The number of hydrogen-bond donors (Lipinski definition) is 1. The van der Waals surface area contributed by atoms with Crippen LogP contribution in [-0.4, -0.2) is 33.6 Å². The summed E-state index contributed by atoms with van der Waals surface area (Å²) in [7, 11) is 1.63. The van der Waals surface area contributed by atoms with Gasteiger partial charge in [-0.05, 0) is 12.8 Å². The molecule has 1 aromatic heterocycles. The second kappa shape index (κ2) is 6.36. The molecule has 0 unspecified atom stereocenters. The van der Waals surface area contributed by atoms with Gasteiger partial charge in [0.15, 0.2) is 0 Å². The topological polar surface area (TPSA) is 67.2 Å². The second-order valence-electron chi connectivity index (χ2n) is 4.88. The van der Waals surface area contributed by atoms with Crippen LogP contribution in [0.5, 0.6) is 0 Å². The normalized spacial score (nSPS) is 16.6. The molecule has 104 valence electrons. The number of nitrogens with zero attached hydrogens (tertiary/aromatic N) is 3. The van der Waals surface area contributed by atoms with E-state index in [1.54, 1.807) is 18.1 Å². The minimum atomic E-state index is -0.289. The zero-order chi connectivity index (χ0) is 13.7. The van der Waals surface area contributed by atoms with E-state index < -0.39 is 0 Å². The average Bonchev–Trinajstić information content (AvgIpc) is 2.34. The maximum atomic E-state index is 12.1. The molecule has 1 N–H and O–H groups in total. The molecule has 1 aromatic rings. The summed E-state index contributed by atoms with van der Waals surface area (Å²) in [4.78, 5) is 29.6. The van der Waals surface area contributed by atoms with Crippen LogP contribution in [0.2, 0.25) is 0 Å². The predicted octanol–water partition coefficient (Wildman–Crippen LogP) is 1.58. The number of rotatable bonds is 1. The smallest absolute Gasteiger partial charge is 0.323 e. The average molecular weight is 264 g/mol. The van der Waals surface area contributed by atoms with Crippen LogP contribution in [0.1, 0.15) is 32.1 Å². The largest absolute Gasteiger partial charge is 0.324 e. The molecule has 1 saturated heterocycles. The van der Waals surface area contributed by atoms with Gasteiger partial charge in [0.2, 0.25) is 5.82 Å². The van der Waals surface area contributed by atoms with Crippen molar-refractivity contribution < 1.29 is 4.79 Å². The van der Waals surface area contributed by atoms with Crippen LogP contribution < -0.4 is 10.9 Å². The summed E-state index contributed by atoms with van der Waals surface area (Å²) in [6.07, 6.45) is 8.68. The standard InChI is InChI=1S/C13H20N4O2/c1-16-10-7-14-11(12(16)18)15-13(19)17-8-5-3-2-4-6-9-17/h7,10H,2-6,8-9H2,1H3,(H,14,15,19). The third-order valence-electron chi connectivity index (χ3n) is 3.39. The molecular weight excluding hydrogens is 244 g/mol. The Hall–Kier alpha value is -1.85. The molecule has 1 aliphatic heterocycles. The van der Waals surface area contributed by atoms with Gasteiger partial charge in [0.25, 0.3) is 5.56 Å². The highest BCUT2D eigenvalue weighted by Gasteiger charge is 2.16.